The van der Waals surface area contributed by atoms with Crippen molar-refractivity contribution in [3.63, 3.8) is 0 Å². The summed E-state index contributed by atoms with van der Waals surface area (Å²) in [4.78, 5) is 30.3. The minimum atomic E-state index is -0.548. The molecule has 25 heavy (non-hydrogen) atoms. The Bertz CT molecular complexity index is 781. The van der Waals surface area contributed by atoms with Gasteiger partial charge < -0.3 is 14.8 Å². The van der Waals surface area contributed by atoms with E-state index in [-0.39, 0.29) is 30.0 Å². The zero-order chi connectivity index (χ0) is 18.0. The minimum absolute atomic E-state index is 0.0173. The van der Waals surface area contributed by atoms with Gasteiger partial charge in [0.1, 0.15) is 18.2 Å². The van der Waals surface area contributed by atoms with Crippen LogP contribution in [0.1, 0.15) is 35.9 Å². The lowest BCUT2D eigenvalue weighted by molar-refractivity contribution is -0.136. The standard InChI is InChI=1S/C18H21FN4O2/c1-12(2)17-20-7-8-22(17)11-16(24)23-9-13(10-23)21-18(25)14-5-3-4-6-15(14)19/h3-8,12-13H,9-11H2,1-2H3,(H,21,25). The largest absolute Gasteiger partial charge is 0.346 e. The van der Waals surface area contributed by atoms with Gasteiger partial charge in [0.2, 0.25) is 5.91 Å². The molecule has 0 spiro atoms. The van der Waals surface area contributed by atoms with Crippen LogP contribution in [0.15, 0.2) is 36.7 Å². The van der Waals surface area contributed by atoms with Crippen LogP contribution in [0.25, 0.3) is 0 Å². The fourth-order valence-electron chi connectivity index (χ4n) is 2.88. The van der Waals surface area contributed by atoms with Gasteiger partial charge in [0, 0.05) is 31.4 Å². The van der Waals surface area contributed by atoms with E-state index in [1.54, 1.807) is 23.4 Å². The van der Waals surface area contributed by atoms with Crippen LogP contribution in [0.3, 0.4) is 0 Å². The van der Waals surface area contributed by atoms with Crippen LogP contribution >= 0.6 is 0 Å². The third-order valence-corrected chi connectivity index (χ3v) is 4.26. The van der Waals surface area contributed by atoms with Gasteiger partial charge in [0.15, 0.2) is 0 Å². The van der Waals surface area contributed by atoms with Crippen molar-refractivity contribution in [3.8, 4) is 0 Å². The molecule has 1 aromatic heterocycles. The Morgan fingerprint density at radius 3 is 2.72 bits per heavy atom. The summed E-state index contributed by atoms with van der Waals surface area (Å²) in [5, 5.41) is 2.75. The zero-order valence-electron chi connectivity index (χ0n) is 14.3. The number of aromatic nitrogens is 2. The Morgan fingerprint density at radius 2 is 2.04 bits per heavy atom. The second-order valence-electron chi connectivity index (χ2n) is 6.52. The number of hydrogen-bond donors (Lipinski definition) is 1. The molecule has 1 saturated heterocycles. The molecule has 3 rings (SSSR count). The summed E-state index contributed by atoms with van der Waals surface area (Å²) in [6.45, 7) is 5.17. The Morgan fingerprint density at radius 1 is 1.32 bits per heavy atom. The molecular formula is C18H21FN4O2. The maximum Gasteiger partial charge on any atom is 0.254 e. The number of carbonyl (C=O) groups excluding carboxylic acids is 2. The topological polar surface area (TPSA) is 67.2 Å². The quantitative estimate of drug-likeness (QED) is 0.899. The highest BCUT2D eigenvalue weighted by atomic mass is 19.1. The summed E-state index contributed by atoms with van der Waals surface area (Å²) in [6, 6.07) is 5.70. The smallest absolute Gasteiger partial charge is 0.254 e. The fraction of sp³-hybridized carbons (Fsp3) is 0.389. The van der Waals surface area contributed by atoms with E-state index < -0.39 is 11.7 Å². The van der Waals surface area contributed by atoms with Gasteiger partial charge in [0.05, 0.1) is 11.6 Å². The lowest BCUT2D eigenvalue weighted by Gasteiger charge is -2.39. The van der Waals surface area contributed by atoms with Gasteiger partial charge in [-0.05, 0) is 12.1 Å². The van der Waals surface area contributed by atoms with Crippen molar-refractivity contribution in [2.75, 3.05) is 13.1 Å². The van der Waals surface area contributed by atoms with E-state index in [1.807, 2.05) is 18.4 Å². The second-order valence-corrected chi connectivity index (χ2v) is 6.52. The number of carbonyl (C=O) groups is 2. The first-order valence-electron chi connectivity index (χ1n) is 8.30. The Kier molecular flexibility index (Phi) is 4.83. The normalized spacial score (nSPS) is 14.5. The molecule has 7 heteroatoms. The number of nitrogens with one attached hydrogen (secondary N) is 1. The maximum atomic E-state index is 13.6. The van der Waals surface area contributed by atoms with E-state index in [1.165, 1.54) is 18.2 Å². The number of rotatable bonds is 5. The molecule has 1 aliphatic rings. The van der Waals surface area contributed by atoms with Gasteiger partial charge in [-0.3, -0.25) is 9.59 Å². The summed E-state index contributed by atoms with van der Waals surface area (Å²) < 4.78 is 15.4. The average Bonchev–Trinajstić information content (AvgIpc) is 2.98. The first kappa shape index (κ1) is 17.1. The van der Waals surface area contributed by atoms with Crippen molar-refractivity contribution in [2.45, 2.75) is 32.4 Å². The molecule has 0 radical (unpaired) electrons. The van der Waals surface area contributed by atoms with Crippen molar-refractivity contribution >= 4 is 11.8 Å². The third-order valence-electron chi connectivity index (χ3n) is 4.26. The van der Waals surface area contributed by atoms with Gasteiger partial charge in [0.25, 0.3) is 5.91 Å². The molecule has 2 heterocycles. The van der Waals surface area contributed by atoms with Crippen molar-refractivity contribution in [2.24, 2.45) is 0 Å². The monoisotopic (exact) mass is 344 g/mol. The molecule has 6 nitrogen and oxygen atoms in total. The molecule has 2 aromatic rings. The van der Waals surface area contributed by atoms with Crippen molar-refractivity contribution < 1.29 is 14.0 Å². The first-order chi connectivity index (χ1) is 12.0. The van der Waals surface area contributed by atoms with Crippen molar-refractivity contribution in [3.05, 3.63) is 53.9 Å². The highest BCUT2D eigenvalue weighted by Crippen LogP contribution is 2.15. The predicted octanol–water partition coefficient (Wildman–Crippen LogP) is 1.79. The number of likely N-dealkylation sites (tertiary alicyclic amines) is 1. The molecule has 0 saturated carbocycles. The van der Waals surface area contributed by atoms with E-state index >= 15 is 0 Å². The first-order valence-corrected chi connectivity index (χ1v) is 8.30. The molecule has 132 valence electrons. The van der Waals surface area contributed by atoms with E-state index in [0.717, 1.165) is 5.82 Å². The van der Waals surface area contributed by atoms with Gasteiger partial charge in [-0.25, -0.2) is 9.37 Å². The number of imidazole rings is 1. The molecule has 0 bridgehead atoms. The maximum absolute atomic E-state index is 13.6. The Balaban J connectivity index is 1.51. The molecule has 0 atom stereocenters. The van der Waals surface area contributed by atoms with Crippen LogP contribution < -0.4 is 5.32 Å². The molecule has 2 amide bonds. The predicted molar refractivity (Wildman–Crippen MR) is 90.6 cm³/mol. The molecule has 0 aliphatic carbocycles. The fourth-order valence-corrected chi connectivity index (χ4v) is 2.88. The SMILES string of the molecule is CC(C)c1nccn1CC(=O)N1CC(NC(=O)c2ccccc2F)C1. The average molecular weight is 344 g/mol. The molecular weight excluding hydrogens is 323 g/mol. The van der Waals surface area contributed by atoms with Gasteiger partial charge >= 0.3 is 0 Å². The summed E-state index contributed by atoms with van der Waals surface area (Å²) in [7, 11) is 0. The van der Waals surface area contributed by atoms with Crippen LogP contribution in [0.5, 0.6) is 0 Å². The minimum Gasteiger partial charge on any atom is -0.346 e. The third kappa shape index (κ3) is 3.70. The lowest BCUT2D eigenvalue weighted by atomic mass is 10.1. The van der Waals surface area contributed by atoms with Crippen LogP contribution in [0, 0.1) is 5.82 Å². The number of amides is 2. The highest BCUT2D eigenvalue weighted by Gasteiger charge is 2.32. The second kappa shape index (κ2) is 7.04. The number of nitrogens with zero attached hydrogens (tertiary/aromatic N) is 3. The van der Waals surface area contributed by atoms with Crippen LogP contribution in [0.4, 0.5) is 4.39 Å². The van der Waals surface area contributed by atoms with E-state index in [2.05, 4.69) is 10.3 Å². The van der Waals surface area contributed by atoms with Crippen LogP contribution in [-0.2, 0) is 11.3 Å². The number of halogens is 1. The molecule has 0 unspecified atom stereocenters. The zero-order valence-corrected chi connectivity index (χ0v) is 14.3. The summed E-state index contributed by atoms with van der Waals surface area (Å²) in [5.41, 5.74) is 0.0206. The highest BCUT2D eigenvalue weighted by molar-refractivity contribution is 5.94. The molecule has 1 N–H and O–H groups in total. The van der Waals surface area contributed by atoms with Crippen molar-refractivity contribution in [1.82, 2.24) is 19.8 Å². The van der Waals surface area contributed by atoms with Gasteiger partial charge in [-0.2, -0.15) is 0 Å². The van der Waals surface area contributed by atoms with E-state index in [0.29, 0.717) is 13.1 Å². The molecule has 1 fully saturated rings. The van der Waals surface area contributed by atoms with Crippen molar-refractivity contribution in [1.29, 1.82) is 0 Å². The van der Waals surface area contributed by atoms with Gasteiger partial charge in [-0.1, -0.05) is 26.0 Å². The van der Waals surface area contributed by atoms with Crippen LogP contribution in [0.2, 0.25) is 0 Å². The molecule has 1 aromatic carbocycles. The summed E-state index contributed by atoms with van der Waals surface area (Å²) in [5.74, 6) is 0.0991. The van der Waals surface area contributed by atoms with Crippen LogP contribution in [-0.4, -0.2) is 45.4 Å². The Labute approximate surface area is 145 Å². The van der Waals surface area contributed by atoms with E-state index in [9.17, 15) is 14.0 Å². The number of hydrogen-bond acceptors (Lipinski definition) is 3. The summed E-state index contributed by atoms with van der Waals surface area (Å²) >= 11 is 0. The number of benzene rings is 1. The summed E-state index contributed by atoms with van der Waals surface area (Å²) in [6.07, 6.45) is 3.49. The Hall–Kier alpha value is -2.70. The van der Waals surface area contributed by atoms with Gasteiger partial charge in [-0.15, -0.1) is 0 Å². The van der Waals surface area contributed by atoms with E-state index in [4.69, 9.17) is 0 Å². The molecule has 1 aliphatic heterocycles. The lowest BCUT2D eigenvalue weighted by Crippen LogP contribution is -2.61.